The molecule has 0 aromatic carbocycles. The molecule has 57 heavy (non-hydrogen) atoms. The van der Waals surface area contributed by atoms with Crippen LogP contribution in [-0.4, -0.2) is 25.2 Å². The molecule has 0 heterocycles. The number of esters is 2. The topological polar surface area (TPSA) is 52.6 Å². The van der Waals surface area contributed by atoms with Gasteiger partial charge in [0, 0.05) is 5.41 Å². The fourth-order valence-corrected chi connectivity index (χ4v) is 9.50. The van der Waals surface area contributed by atoms with Crippen LogP contribution >= 0.6 is 0 Å². The number of carbonyl (C=O) groups excluding carboxylic acids is 2. The molecule has 0 N–H and O–H groups in total. The van der Waals surface area contributed by atoms with E-state index in [0.717, 1.165) is 51.4 Å². The maximum atomic E-state index is 13.6. The van der Waals surface area contributed by atoms with Crippen LogP contribution in [0.3, 0.4) is 0 Å². The number of rotatable bonds is 6. The highest BCUT2D eigenvalue weighted by atomic mass is 16.5. The van der Waals surface area contributed by atoms with E-state index in [1.54, 1.807) is 0 Å². The van der Waals surface area contributed by atoms with E-state index in [4.69, 9.17) is 9.47 Å². The minimum Gasteiger partial charge on any atom is -0.465 e. The van der Waals surface area contributed by atoms with Crippen LogP contribution in [0.15, 0.2) is 0 Å². The molecular formula is C53H100O4. The van der Waals surface area contributed by atoms with E-state index in [1.807, 2.05) is 0 Å². The molecule has 0 aliphatic heterocycles. The second-order valence-corrected chi connectivity index (χ2v) is 20.1. The molecule has 0 bridgehead atoms. The lowest BCUT2D eigenvalue weighted by Gasteiger charge is -2.26. The van der Waals surface area contributed by atoms with Crippen LogP contribution in [0.5, 0.6) is 0 Å². The van der Waals surface area contributed by atoms with Crippen molar-refractivity contribution >= 4 is 11.9 Å². The number of carbonyl (C=O) groups is 2. The molecule has 2 rings (SSSR count). The highest BCUT2D eigenvalue weighted by Gasteiger charge is 2.28. The van der Waals surface area contributed by atoms with Crippen molar-refractivity contribution in [1.29, 1.82) is 0 Å². The summed E-state index contributed by atoms with van der Waals surface area (Å²) in [5.41, 5.74) is -0.389. The molecule has 0 unspecified atom stereocenters. The lowest BCUT2D eigenvalue weighted by atomic mass is 9.92. The van der Waals surface area contributed by atoms with Gasteiger partial charge in [0.05, 0.1) is 25.0 Å². The molecular weight excluding hydrogens is 701 g/mol. The maximum Gasteiger partial charge on any atom is 0.308 e. The molecule has 0 saturated heterocycles. The van der Waals surface area contributed by atoms with Crippen molar-refractivity contribution in [3.8, 4) is 0 Å². The fourth-order valence-electron chi connectivity index (χ4n) is 9.50. The second kappa shape index (κ2) is 37.9. The van der Waals surface area contributed by atoms with E-state index in [1.165, 1.54) is 231 Å². The number of ether oxygens (including phenoxy) is 2. The van der Waals surface area contributed by atoms with E-state index in [9.17, 15) is 9.59 Å². The molecule has 2 aliphatic carbocycles. The van der Waals surface area contributed by atoms with Gasteiger partial charge in [-0.05, 0) is 25.7 Å². The highest BCUT2D eigenvalue weighted by Crippen LogP contribution is 2.26. The lowest BCUT2D eigenvalue weighted by Crippen LogP contribution is -2.31. The Morgan fingerprint density at radius 3 is 0.596 bits per heavy atom. The van der Waals surface area contributed by atoms with Gasteiger partial charge >= 0.3 is 11.9 Å². The lowest BCUT2D eigenvalue weighted by molar-refractivity contribution is -0.158. The Hall–Kier alpha value is -1.06. The Kier molecular flexibility index (Phi) is 34.6. The third-order valence-corrected chi connectivity index (χ3v) is 13.6. The summed E-state index contributed by atoms with van der Waals surface area (Å²) >= 11 is 0. The van der Waals surface area contributed by atoms with Gasteiger partial charge in [0.1, 0.15) is 0 Å². The van der Waals surface area contributed by atoms with Gasteiger partial charge in [0.2, 0.25) is 0 Å². The van der Waals surface area contributed by atoms with Crippen molar-refractivity contribution in [2.75, 3.05) is 13.2 Å². The van der Waals surface area contributed by atoms with Crippen LogP contribution in [0, 0.1) is 17.3 Å². The van der Waals surface area contributed by atoms with Gasteiger partial charge in [-0.15, -0.1) is 0 Å². The predicted molar refractivity (Wildman–Crippen MR) is 246 cm³/mol. The third kappa shape index (κ3) is 32.4. The first-order valence-electron chi connectivity index (χ1n) is 26.3. The van der Waals surface area contributed by atoms with Crippen molar-refractivity contribution in [3.63, 3.8) is 0 Å². The zero-order valence-corrected chi connectivity index (χ0v) is 38.8. The Labute approximate surface area is 356 Å². The molecule has 0 radical (unpaired) electrons. The zero-order valence-electron chi connectivity index (χ0n) is 38.8. The summed E-state index contributed by atoms with van der Waals surface area (Å²) in [6.07, 6.45) is 57.6. The SMILES string of the molecule is CC(C)(COC(=O)C1CCCCCCCCCCCCCCCCCCCCCC1)COC(=O)C1CCCCCCCCCCCCCCCCCCCCCC1. The minimum atomic E-state index is -0.389. The molecule has 336 valence electrons. The van der Waals surface area contributed by atoms with E-state index in [-0.39, 0.29) is 29.2 Å². The summed E-state index contributed by atoms with van der Waals surface area (Å²) in [6, 6.07) is 0. The standard InChI is InChI=1S/C53H100O4/c1-53(2,47-56-51(54)49-43-39-35-31-27-23-19-15-11-7-3-4-8-12-16-20-24-28-32-36-40-44-49)48-57-52(55)50-45-41-37-33-29-25-21-17-13-9-5-6-10-14-18-22-26-30-34-38-42-46-50/h49-50H,3-48H2,1-2H3. The van der Waals surface area contributed by atoms with Gasteiger partial charge in [-0.2, -0.15) is 0 Å². The molecule has 2 aliphatic rings. The van der Waals surface area contributed by atoms with Crippen LogP contribution in [0.25, 0.3) is 0 Å². The zero-order chi connectivity index (χ0) is 40.8. The van der Waals surface area contributed by atoms with E-state index in [2.05, 4.69) is 13.8 Å². The first kappa shape index (κ1) is 52.1. The van der Waals surface area contributed by atoms with Gasteiger partial charge in [-0.3, -0.25) is 9.59 Å². The van der Waals surface area contributed by atoms with Gasteiger partial charge in [-0.1, -0.05) is 271 Å². The average molecular weight is 801 g/mol. The monoisotopic (exact) mass is 801 g/mol. The quantitative estimate of drug-likeness (QED) is 0.251. The smallest absolute Gasteiger partial charge is 0.308 e. The van der Waals surface area contributed by atoms with Gasteiger partial charge in [0.25, 0.3) is 0 Å². The molecule has 0 atom stereocenters. The average Bonchev–Trinajstić information content (AvgIpc) is 3.20. The minimum absolute atomic E-state index is 0.00437. The van der Waals surface area contributed by atoms with Crippen molar-refractivity contribution in [2.45, 2.75) is 296 Å². The van der Waals surface area contributed by atoms with Crippen LogP contribution in [0.2, 0.25) is 0 Å². The van der Waals surface area contributed by atoms with Crippen LogP contribution in [0.1, 0.15) is 296 Å². The van der Waals surface area contributed by atoms with Crippen molar-refractivity contribution < 1.29 is 19.1 Å². The van der Waals surface area contributed by atoms with Gasteiger partial charge < -0.3 is 9.47 Å². The normalized spacial score (nSPS) is 22.8. The summed E-state index contributed by atoms with van der Waals surface area (Å²) in [6.45, 7) is 4.82. The molecule has 0 spiro atoms. The maximum absolute atomic E-state index is 13.6. The molecule has 2 saturated carbocycles. The van der Waals surface area contributed by atoms with Crippen molar-refractivity contribution in [2.24, 2.45) is 17.3 Å². The van der Waals surface area contributed by atoms with Crippen LogP contribution in [-0.2, 0) is 19.1 Å². The van der Waals surface area contributed by atoms with Crippen LogP contribution in [0.4, 0.5) is 0 Å². The first-order chi connectivity index (χ1) is 28.0. The molecule has 4 nitrogen and oxygen atoms in total. The van der Waals surface area contributed by atoms with E-state index >= 15 is 0 Å². The number of hydrogen-bond donors (Lipinski definition) is 0. The van der Waals surface area contributed by atoms with Gasteiger partial charge in [-0.25, -0.2) is 0 Å². The summed E-state index contributed by atoms with van der Waals surface area (Å²) in [5.74, 6) is -0.0255. The predicted octanol–water partition coefficient (Wildman–Crippen LogP) is 17.5. The van der Waals surface area contributed by atoms with Gasteiger partial charge in [0.15, 0.2) is 0 Å². The molecule has 0 aromatic heterocycles. The second-order valence-electron chi connectivity index (χ2n) is 20.1. The summed E-state index contributed by atoms with van der Waals surface area (Å²) < 4.78 is 12.1. The first-order valence-corrected chi connectivity index (χ1v) is 26.3. The Bertz CT molecular complexity index is 779. The summed E-state index contributed by atoms with van der Waals surface area (Å²) in [4.78, 5) is 27.1. The van der Waals surface area contributed by atoms with E-state index in [0.29, 0.717) is 13.2 Å². The van der Waals surface area contributed by atoms with Crippen molar-refractivity contribution in [3.05, 3.63) is 0 Å². The molecule has 2 fully saturated rings. The molecule has 0 aromatic rings. The van der Waals surface area contributed by atoms with Crippen LogP contribution < -0.4 is 0 Å². The largest absolute Gasteiger partial charge is 0.465 e. The van der Waals surface area contributed by atoms with Crippen molar-refractivity contribution in [1.82, 2.24) is 0 Å². The Balaban J connectivity index is 1.80. The third-order valence-electron chi connectivity index (χ3n) is 13.6. The number of hydrogen-bond acceptors (Lipinski definition) is 4. The molecule has 4 heteroatoms. The Morgan fingerprint density at radius 1 is 0.298 bits per heavy atom. The summed E-state index contributed by atoms with van der Waals surface area (Å²) in [5, 5.41) is 0. The highest BCUT2D eigenvalue weighted by molar-refractivity contribution is 5.73. The summed E-state index contributed by atoms with van der Waals surface area (Å²) in [7, 11) is 0. The van der Waals surface area contributed by atoms with E-state index < -0.39 is 0 Å². The Morgan fingerprint density at radius 2 is 0.439 bits per heavy atom. The molecule has 0 amide bonds. The fraction of sp³-hybridized carbons (Fsp3) is 0.962.